The van der Waals surface area contributed by atoms with Crippen molar-refractivity contribution in [2.24, 2.45) is 5.92 Å². The molecule has 0 radical (unpaired) electrons. The van der Waals surface area contributed by atoms with Gasteiger partial charge in [-0.2, -0.15) is 0 Å². The van der Waals surface area contributed by atoms with Gasteiger partial charge in [0.05, 0.1) is 17.2 Å². The SMILES string of the molecule is CC(C)CN1CCN(C(=O)c2cnc3ccccc3n2)CC1. The van der Waals surface area contributed by atoms with Gasteiger partial charge in [0, 0.05) is 32.7 Å². The Morgan fingerprint density at radius 2 is 1.82 bits per heavy atom. The zero-order valence-electron chi connectivity index (χ0n) is 13.2. The molecule has 0 unspecified atom stereocenters. The molecule has 2 heterocycles. The number of fused-ring (bicyclic) bond motifs is 1. The molecule has 22 heavy (non-hydrogen) atoms. The van der Waals surface area contributed by atoms with Crippen LogP contribution in [0.25, 0.3) is 11.0 Å². The summed E-state index contributed by atoms with van der Waals surface area (Å²) in [5.74, 6) is 0.649. The van der Waals surface area contributed by atoms with Crippen LogP contribution in [-0.4, -0.2) is 58.4 Å². The lowest BCUT2D eigenvalue weighted by Crippen LogP contribution is -2.49. The maximum absolute atomic E-state index is 12.6. The van der Waals surface area contributed by atoms with Crippen LogP contribution in [0.2, 0.25) is 0 Å². The van der Waals surface area contributed by atoms with Crippen molar-refractivity contribution in [1.29, 1.82) is 0 Å². The molecular formula is C17H22N4O. The predicted molar refractivity (Wildman–Crippen MR) is 86.7 cm³/mol. The predicted octanol–water partition coefficient (Wildman–Crippen LogP) is 2.04. The van der Waals surface area contributed by atoms with Crippen LogP contribution in [0.5, 0.6) is 0 Å². The fourth-order valence-corrected chi connectivity index (χ4v) is 2.87. The highest BCUT2D eigenvalue weighted by Crippen LogP contribution is 2.12. The van der Waals surface area contributed by atoms with E-state index < -0.39 is 0 Å². The van der Waals surface area contributed by atoms with Crippen LogP contribution in [0.15, 0.2) is 30.5 Å². The molecule has 1 aromatic carbocycles. The van der Waals surface area contributed by atoms with E-state index in [2.05, 4.69) is 28.7 Å². The first kappa shape index (κ1) is 14.9. The van der Waals surface area contributed by atoms with E-state index in [0.29, 0.717) is 11.6 Å². The van der Waals surface area contributed by atoms with Crippen molar-refractivity contribution in [2.45, 2.75) is 13.8 Å². The highest BCUT2D eigenvalue weighted by molar-refractivity contribution is 5.93. The van der Waals surface area contributed by atoms with E-state index in [1.165, 1.54) is 0 Å². The van der Waals surface area contributed by atoms with Gasteiger partial charge in [-0.25, -0.2) is 4.98 Å². The van der Waals surface area contributed by atoms with E-state index in [9.17, 15) is 4.79 Å². The normalized spacial score (nSPS) is 16.4. The molecule has 3 rings (SSSR count). The van der Waals surface area contributed by atoms with Crippen LogP contribution < -0.4 is 0 Å². The second-order valence-corrected chi connectivity index (χ2v) is 6.23. The van der Waals surface area contributed by atoms with Gasteiger partial charge in [-0.05, 0) is 18.1 Å². The van der Waals surface area contributed by atoms with Gasteiger partial charge in [-0.1, -0.05) is 26.0 Å². The molecule has 0 bridgehead atoms. The summed E-state index contributed by atoms with van der Waals surface area (Å²) in [6.45, 7) is 8.94. The number of hydrogen-bond donors (Lipinski definition) is 0. The molecule has 1 aromatic heterocycles. The Kier molecular flexibility index (Phi) is 4.34. The molecule has 116 valence electrons. The van der Waals surface area contributed by atoms with E-state index in [1.807, 2.05) is 29.2 Å². The van der Waals surface area contributed by atoms with Gasteiger partial charge in [0.1, 0.15) is 5.69 Å². The Morgan fingerprint density at radius 3 is 2.50 bits per heavy atom. The minimum atomic E-state index is -0.0116. The summed E-state index contributed by atoms with van der Waals surface area (Å²) < 4.78 is 0. The average Bonchev–Trinajstić information content (AvgIpc) is 2.54. The largest absolute Gasteiger partial charge is 0.335 e. The second-order valence-electron chi connectivity index (χ2n) is 6.23. The lowest BCUT2D eigenvalue weighted by atomic mass is 10.2. The molecule has 1 aliphatic rings. The number of rotatable bonds is 3. The first-order chi connectivity index (χ1) is 10.6. The Labute approximate surface area is 131 Å². The number of aromatic nitrogens is 2. The van der Waals surface area contributed by atoms with E-state index in [-0.39, 0.29) is 5.91 Å². The second kappa shape index (κ2) is 6.40. The molecule has 1 aliphatic heterocycles. The van der Waals surface area contributed by atoms with Crippen LogP contribution in [0.4, 0.5) is 0 Å². The molecule has 1 fully saturated rings. The third-order valence-corrected chi connectivity index (χ3v) is 3.95. The van der Waals surface area contributed by atoms with Crippen molar-refractivity contribution in [3.63, 3.8) is 0 Å². The number of benzene rings is 1. The Morgan fingerprint density at radius 1 is 1.14 bits per heavy atom. The molecule has 0 aliphatic carbocycles. The van der Waals surface area contributed by atoms with Gasteiger partial charge in [0.2, 0.25) is 0 Å². The van der Waals surface area contributed by atoms with E-state index in [0.717, 1.165) is 43.8 Å². The van der Waals surface area contributed by atoms with Crippen molar-refractivity contribution in [1.82, 2.24) is 19.8 Å². The molecule has 5 nitrogen and oxygen atoms in total. The van der Waals surface area contributed by atoms with Crippen molar-refractivity contribution < 1.29 is 4.79 Å². The Balaban J connectivity index is 1.68. The van der Waals surface area contributed by atoms with Crippen LogP contribution in [0.3, 0.4) is 0 Å². The first-order valence-corrected chi connectivity index (χ1v) is 7.87. The fraction of sp³-hybridized carbons (Fsp3) is 0.471. The van der Waals surface area contributed by atoms with Gasteiger partial charge in [-0.3, -0.25) is 14.7 Å². The summed E-state index contributed by atoms with van der Waals surface area (Å²) in [5.41, 5.74) is 2.03. The minimum absolute atomic E-state index is 0.0116. The number of piperazine rings is 1. The van der Waals surface area contributed by atoms with Gasteiger partial charge >= 0.3 is 0 Å². The summed E-state index contributed by atoms with van der Waals surface area (Å²) in [6, 6.07) is 7.63. The number of nitrogens with zero attached hydrogens (tertiary/aromatic N) is 4. The molecule has 0 atom stereocenters. The zero-order valence-corrected chi connectivity index (χ0v) is 13.2. The Hall–Kier alpha value is -2.01. The van der Waals surface area contributed by atoms with Crippen molar-refractivity contribution in [3.05, 3.63) is 36.2 Å². The Bertz CT molecular complexity index is 663. The van der Waals surface area contributed by atoms with Gasteiger partial charge in [0.15, 0.2) is 0 Å². The first-order valence-electron chi connectivity index (χ1n) is 7.87. The van der Waals surface area contributed by atoms with Crippen LogP contribution >= 0.6 is 0 Å². The molecular weight excluding hydrogens is 276 g/mol. The summed E-state index contributed by atoms with van der Waals surface area (Å²) in [5, 5.41) is 0. The summed E-state index contributed by atoms with van der Waals surface area (Å²) >= 11 is 0. The molecule has 1 saturated heterocycles. The van der Waals surface area contributed by atoms with E-state index >= 15 is 0 Å². The number of amides is 1. The maximum Gasteiger partial charge on any atom is 0.274 e. The molecule has 0 spiro atoms. The summed E-state index contributed by atoms with van der Waals surface area (Å²) in [6.07, 6.45) is 1.59. The molecule has 2 aromatic rings. The van der Waals surface area contributed by atoms with E-state index in [1.54, 1.807) is 6.20 Å². The van der Waals surface area contributed by atoms with E-state index in [4.69, 9.17) is 0 Å². The number of hydrogen-bond acceptors (Lipinski definition) is 4. The average molecular weight is 298 g/mol. The van der Waals surface area contributed by atoms with Gasteiger partial charge < -0.3 is 4.90 Å². The van der Waals surface area contributed by atoms with Crippen LogP contribution in [0.1, 0.15) is 24.3 Å². The topological polar surface area (TPSA) is 49.3 Å². The van der Waals surface area contributed by atoms with Crippen LogP contribution in [-0.2, 0) is 0 Å². The molecule has 0 N–H and O–H groups in total. The summed E-state index contributed by atoms with van der Waals surface area (Å²) in [4.78, 5) is 25.7. The number of carbonyl (C=O) groups is 1. The van der Waals surface area contributed by atoms with Crippen molar-refractivity contribution >= 4 is 16.9 Å². The highest BCUT2D eigenvalue weighted by Gasteiger charge is 2.23. The maximum atomic E-state index is 12.6. The highest BCUT2D eigenvalue weighted by atomic mass is 16.2. The third kappa shape index (κ3) is 3.25. The minimum Gasteiger partial charge on any atom is -0.335 e. The molecule has 0 saturated carbocycles. The summed E-state index contributed by atoms with van der Waals surface area (Å²) in [7, 11) is 0. The zero-order chi connectivity index (χ0) is 15.5. The van der Waals surface area contributed by atoms with Gasteiger partial charge in [0.25, 0.3) is 5.91 Å². The third-order valence-electron chi connectivity index (χ3n) is 3.95. The monoisotopic (exact) mass is 298 g/mol. The quantitative estimate of drug-likeness (QED) is 0.870. The molecule has 5 heteroatoms. The number of carbonyl (C=O) groups excluding carboxylic acids is 1. The lowest BCUT2D eigenvalue weighted by molar-refractivity contribution is 0.0618. The smallest absolute Gasteiger partial charge is 0.274 e. The van der Waals surface area contributed by atoms with Crippen LogP contribution in [0, 0.1) is 5.92 Å². The van der Waals surface area contributed by atoms with Crippen molar-refractivity contribution in [3.8, 4) is 0 Å². The lowest BCUT2D eigenvalue weighted by Gasteiger charge is -2.35. The molecule has 1 amide bonds. The number of para-hydroxylation sites is 2. The fourth-order valence-electron chi connectivity index (χ4n) is 2.87. The van der Waals surface area contributed by atoms with Crippen molar-refractivity contribution in [2.75, 3.05) is 32.7 Å². The van der Waals surface area contributed by atoms with Gasteiger partial charge in [-0.15, -0.1) is 0 Å². The standard InChI is InChI=1S/C17H22N4O/c1-13(2)12-20-7-9-21(10-8-20)17(22)16-11-18-14-5-3-4-6-15(14)19-16/h3-6,11,13H,7-10,12H2,1-2H3.